The van der Waals surface area contributed by atoms with Crippen molar-refractivity contribution in [2.45, 2.75) is 259 Å². The second kappa shape index (κ2) is 39.5. The molecule has 3 heteroatoms. The molecule has 2 rings (SSSR count). The van der Waals surface area contributed by atoms with Crippen molar-refractivity contribution in [1.29, 1.82) is 0 Å². The molecular weight excluding hydrogens is 729 g/mol. The lowest BCUT2D eigenvalue weighted by Gasteiger charge is -2.34. The lowest BCUT2D eigenvalue weighted by molar-refractivity contribution is 0.103. The van der Waals surface area contributed by atoms with Crippen molar-refractivity contribution >= 4 is 17.2 Å². The van der Waals surface area contributed by atoms with E-state index in [-0.39, 0.29) is 5.78 Å². The maximum absolute atomic E-state index is 14.6. The first-order chi connectivity index (χ1) is 29.7. The van der Waals surface area contributed by atoms with E-state index in [1.165, 1.54) is 243 Å². The van der Waals surface area contributed by atoms with Crippen LogP contribution in [0.5, 0.6) is 0 Å². The van der Waals surface area contributed by atoms with E-state index in [0.717, 1.165) is 37.3 Å². The predicted molar refractivity (Wildman–Crippen MR) is 270 cm³/mol. The fourth-order valence-electron chi connectivity index (χ4n) is 9.19. The molecule has 0 aliphatic rings. The molecule has 0 fully saturated rings. The molecule has 0 heterocycles. The van der Waals surface area contributed by atoms with Crippen LogP contribution < -0.4 is 9.80 Å². The molecule has 0 bridgehead atoms. The summed E-state index contributed by atoms with van der Waals surface area (Å²) >= 11 is 0. The summed E-state index contributed by atoms with van der Waals surface area (Å²) in [6.07, 6.45) is 48.4. The smallest absolute Gasteiger partial charge is 0.195 e. The minimum atomic E-state index is 0.183. The quantitative estimate of drug-likeness (QED) is 0.0491. The molecule has 0 aliphatic carbocycles. The fraction of sp³-hybridized carbons (Fsp3) is 0.772. The van der Waals surface area contributed by atoms with Crippen LogP contribution in [0.4, 0.5) is 11.4 Å². The van der Waals surface area contributed by atoms with Gasteiger partial charge in [-0.3, -0.25) is 4.79 Å². The van der Waals surface area contributed by atoms with Crippen molar-refractivity contribution in [1.82, 2.24) is 0 Å². The summed E-state index contributed by atoms with van der Waals surface area (Å²) in [4.78, 5) is 20.0. The topological polar surface area (TPSA) is 23.6 Å². The summed E-state index contributed by atoms with van der Waals surface area (Å²) in [6.45, 7) is 13.5. The molecule has 0 spiro atoms. The van der Waals surface area contributed by atoms with Crippen molar-refractivity contribution in [3.05, 3.63) is 59.7 Å². The Bertz CT molecular complexity index is 1180. The van der Waals surface area contributed by atoms with E-state index in [4.69, 9.17) is 0 Å². The number of unbranched alkanes of at least 4 members (excludes halogenated alkanes) is 32. The molecule has 0 aromatic heterocycles. The third-order valence-corrected chi connectivity index (χ3v) is 13.1. The third kappa shape index (κ3) is 26.2. The van der Waals surface area contributed by atoms with Crippen molar-refractivity contribution in [3.63, 3.8) is 0 Å². The number of benzene rings is 2. The average Bonchev–Trinajstić information content (AvgIpc) is 3.27. The van der Waals surface area contributed by atoms with Crippen LogP contribution in [0.15, 0.2) is 48.5 Å². The zero-order chi connectivity index (χ0) is 43.0. The van der Waals surface area contributed by atoms with Crippen LogP contribution >= 0.6 is 0 Å². The number of nitrogens with zero attached hydrogens (tertiary/aromatic N) is 2. The van der Waals surface area contributed by atoms with Crippen LogP contribution in [-0.4, -0.2) is 32.0 Å². The normalized spacial score (nSPS) is 11.4. The van der Waals surface area contributed by atoms with Crippen molar-refractivity contribution in [2.24, 2.45) is 0 Å². The van der Waals surface area contributed by atoms with Gasteiger partial charge in [0.2, 0.25) is 0 Å². The van der Waals surface area contributed by atoms with Crippen LogP contribution in [0, 0.1) is 0 Å². The van der Waals surface area contributed by atoms with Gasteiger partial charge < -0.3 is 9.80 Å². The van der Waals surface area contributed by atoms with Crippen LogP contribution in [0.2, 0.25) is 0 Å². The maximum Gasteiger partial charge on any atom is 0.195 e. The number of rotatable bonds is 44. The summed E-state index contributed by atoms with van der Waals surface area (Å²) < 4.78 is 0. The molecule has 0 unspecified atom stereocenters. The Morgan fingerprint density at radius 3 is 0.967 bits per heavy atom. The minimum Gasteiger partial charge on any atom is -0.370 e. The van der Waals surface area contributed by atoms with E-state index in [1.807, 2.05) is 30.3 Å². The van der Waals surface area contributed by atoms with Gasteiger partial charge in [0, 0.05) is 37.3 Å². The van der Waals surface area contributed by atoms with Gasteiger partial charge in [-0.2, -0.15) is 0 Å². The maximum atomic E-state index is 14.6. The molecule has 0 atom stereocenters. The second-order valence-electron chi connectivity index (χ2n) is 18.7. The first kappa shape index (κ1) is 53.8. The Morgan fingerprint density at radius 2 is 0.633 bits per heavy atom. The van der Waals surface area contributed by atoms with Crippen LogP contribution in [0.1, 0.15) is 275 Å². The monoisotopic (exact) mass is 829 g/mol. The Morgan fingerprint density at radius 1 is 0.333 bits per heavy atom. The predicted octanol–water partition coefficient (Wildman–Crippen LogP) is 18.7. The summed E-state index contributed by atoms with van der Waals surface area (Å²) in [5, 5.41) is 0. The average molecular weight is 829 g/mol. The van der Waals surface area contributed by atoms with Gasteiger partial charge in [-0.25, -0.2) is 0 Å². The number of ketones is 1. The Kier molecular flexibility index (Phi) is 35.5. The molecule has 0 amide bonds. The molecule has 0 N–H and O–H groups in total. The number of carbonyl (C=O) groups is 1. The van der Waals surface area contributed by atoms with Gasteiger partial charge in [-0.05, 0) is 37.8 Å². The Hall–Kier alpha value is -2.29. The molecule has 0 aliphatic heterocycles. The lowest BCUT2D eigenvalue weighted by Crippen LogP contribution is -2.33. The number of carbonyl (C=O) groups excluding carboxylic acids is 1. The highest BCUT2D eigenvalue weighted by molar-refractivity contribution is 6.14. The number of anilines is 2. The van der Waals surface area contributed by atoms with Crippen molar-refractivity contribution in [3.8, 4) is 0 Å². The van der Waals surface area contributed by atoms with Gasteiger partial charge >= 0.3 is 0 Å². The summed E-state index contributed by atoms with van der Waals surface area (Å²) in [7, 11) is 0. The first-order valence-corrected chi connectivity index (χ1v) is 26.9. The van der Waals surface area contributed by atoms with Gasteiger partial charge in [0.15, 0.2) is 5.78 Å². The third-order valence-electron chi connectivity index (χ3n) is 13.1. The van der Waals surface area contributed by atoms with Gasteiger partial charge in [0.1, 0.15) is 0 Å². The molecule has 2 aromatic rings. The minimum absolute atomic E-state index is 0.183. The highest BCUT2D eigenvalue weighted by Crippen LogP contribution is 2.36. The van der Waals surface area contributed by atoms with Crippen LogP contribution in [0.25, 0.3) is 0 Å². The van der Waals surface area contributed by atoms with E-state index >= 15 is 0 Å². The molecule has 2 aromatic carbocycles. The van der Waals surface area contributed by atoms with E-state index < -0.39 is 0 Å². The van der Waals surface area contributed by atoms with Crippen molar-refractivity contribution < 1.29 is 4.79 Å². The van der Waals surface area contributed by atoms with Gasteiger partial charge in [-0.1, -0.05) is 270 Å². The molecule has 344 valence electrons. The van der Waals surface area contributed by atoms with Crippen LogP contribution in [-0.2, 0) is 0 Å². The van der Waals surface area contributed by atoms with E-state index in [0.29, 0.717) is 0 Å². The summed E-state index contributed by atoms with van der Waals surface area (Å²) in [5.41, 5.74) is 4.28. The number of hydrogen-bond donors (Lipinski definition) is 0. The first-order valence-electron chi connectivity index (χ1n) is 26.9. The van der Waals surface area contributed by atoms with E-state index in [2.05, 4.69) is 55.7 Å². The zero-order valence-electron chi connectivity index (χ0n) is 40.7. The molecule has 0 saturated heterocycles. The molecular formula is C57H100N2O. The standard InChI is InChI=1S/C57H100N2O/c1-5-9-13-17-21-25-29-33-40-49-58(50-41-34-30-26-22-18-14-10-6-2)55-48-44-47-54(57(60)53-45-38-37-39-46-53)56(55)59(51-42-35-31-27-23-19-15-11-7-3)52-43-36-32-28-24-20-16-12-8-4/h37-39,44-48H,5-36,40-43,49-52H2,1-4H3. The fourth-order valence-corrected chi connectivity index (χ4v) is 9.19. The van der Waals surface area contributed by atoms with Crippen molar-refractivity contribution in [2.75, 3.05) is 36.0 Å². The number of para-hydroxylation sites is 1. The Labute approximate surface area is 375 Å². The molecule has 60 heavy (non-hydrogen) atoms. The lowest BCUT2D eigenvalue weighted by atomic mass is 9.98. The van der Waals surface area contributed by atoms with Gasteiger partial charge in [0.25, 0.3) is 0 Å². The van der Waals surface area contributed by atoms with Gasteiger partial charge in [0.05, 0.1) is 11.4 Å². The number of hydrogen-bond acceptors (Lipinski definition) is 3. The zero-order valence-corrected chi connectivity index (χ0v) is 40.7. The van der Waals surface area contributed by atoms with E-state index in [1.54, 1.807) is 0 Å². The SMILES string of the molecule is CCCCCCCCCCCN(CCCCCCCCCCC)c1cccc(C(=O)c2ccccc2)c1N(CCCCCCCCCCC)CCCCCCCCCCC. The molecule has 0 saturated carbocycles. The highest BCUT2D eigenvalue weighted by atomic mass is 16.1. The second-order valence-corrected chi connectivity index (χ2v) is 18.7. The van der Waals surface area contributed by atoms with Gasteiger partial charge in [-0.15, -0.1) is 0 Å². The summed E-state index contributed by atoms with van der Waals surface area (Å²) in [6, 6.07) is 16.9. The van der Waals surface area contributed by atoms with E-state index in [9.17, 15) is 4.79 Å². The molecule has 0 radical (unpaired) electrons. The highest BCUT2D eigenvalue weighted by Gasteiger charge is 2.24. The largest absolute Gasteiger partial charge is 0.370 e. The summed E-state index contributed by atoms with van der Waals surface area (Å²) in [5.74, 6) is 0.183. The van der Waals surface area contributed by atoms with Crippen LogP contribution in [0.3, 0.4) is 0 Å². The Balaban J connectivity index is 2.34. The molecule has 3 nitrogen and oxygen atoms in total.